The summed E-state index contributed by atoms with van der Waals surface area (Å²) in [5, 5.41) is 9.44. The molecule has 2 bridgehead atoms. The molecule has 2 rings (SSSR count). The van der Waals surface area contributed by atoms with Crippen molar-refractivity contribution in [3.63, 3.8) is 0 Å². The van der Waals surface area contributed by atoms with Crippen LogP contribution in [0.3, 0.4) is 0 Å². The SMILES string of the molecule is CCOC(OCC)C1=C(CO)C2C=CC1C2. The Kier molecular flexibility index (Phi) is 3.79. The second-order valence-corrected chi connectivity index (χ2v) is 4.21. The number of rotatable bonds is 6. The van der Waals surface area contributed by atoms with Crippen LogP contribution in [-0.2, 0) is 9.47 Å². The molecule has 0 heterocycles. The van der Waals surface area contributed by atoms with Gasteiger partial charge in [-0.1, -0.05) is 12.2 Å². The maximum Gasteiger partial charge on any atom is 0.180 e. The van der Waals surface area contributed by atoms with E-state index in [1.807, 2.05) is 13.8 Å². The summed E-state index contributed by atoms with van der Waals surface area (Å²) in [5.74, 6) is 0.823. The van der Waals surface area contributed by atoms with Gasteiger partial charge in [0.25, 0.3) is 0 Å². The molecule has 2 unspecified atom stereocenters. The van der Waals surface area contributed by atoms with Crippen LogP contribution in [0.25, 0.3) is 0 Å². The molecule has 0 radical (unpaired) electrons. The van der Waals surface area contributed by atoms with Gasteiger partial charge < -0.3 is 14.6 Å². The van der Waals surface area contributed by atoms with Crippen LogP contribution < -0.4 is 0 Å². The van der Waals surface area contributed by atoms with Gasteiger partial charge in [-0.25, -0.2) is 0 Å². The molecule has 2 aliphatic carbocycles. The predicted octanol–water partition coefficient (Wildman–Crippen LogP) is 1.88. The van der Waals surface area contributed by atoms with Crippen molar-refractivity contribution in [1.82, 2.24) is 0 Å². The lowest BCUT2D eigenvalue weighted by Crippen LogP contribution is -2.24. The van der Waals surface area contributed by atoms with Crippen LogP contribution >= 0.6 is 0 Å². The van der Waals surface area contributed by atoms with E-state index in [9.17, 15) is 5.11 Å². The van der Waals surface area contributed by atoms with Gasteiger partial charge >= 0.3 is 0 Å². The van der Waals surface area contributed by atoms with E-state index in [4.69, 9.17) is 9.47 Å². The third-order valence-electron chi connectivity index (χ3n) is 3.36. The molecule has 0 aromatic heterocycles. The summed E-state index contributed by atoms with van der Waals surface area (Å²) in [6.07, 6.45) is 5.22. The van der Waals surface area contributed by atoms with E-state index in [0.29, 0.717) is 25.0 Å². The van der Waals surface area contributed by atoms with Gasteiger partial charge in [0.05, 0.1) is 6.61 Å². The van der Waals surface area contributed by atoms with Crippen molar-refractivity contribution in [3.8, 4) is 0 Å². The van der Waals surface area contributed by atoms with E-state index in [2.05, 4.69) is 12.2 Å². The fraction of sp³-hybridized carbons (Fsp3) is 0.692. The maximum absolute atomic E-state index is 9.44. The van der Waals surface area contributed by atoms with Gasteiger partial charge in [-0.2, -0.15) is 0 Å². The molecule has 90 valence electrons. The quantitative estimate of drug-likeness (QED) is 0.553. The Morgan fingerprint density at radius 3 is 2.44 bits per heavy atom. The minimum Gasteiger partial charge on any atom is -0.392 e. The molecule has 2 aliphatic rings. The van der Waals surface area contributed by atoms with Gasteiger partial charge in [0, 0.05) is 25.0 Å². The number of allylic oxidation sites excluding steroid dienone is 2. The van der Waals surface area contributed by atoms with Crippen molar-refractivity contribution in [2.24, 2.45) is 11.8 Å². The van der Waals surface area contributed by atoms with E-state index >= 15 is 0 Å². The molecule has 0 fully saturated rings. The normalized spacial score (nSPS) is 27.5. The Morgan fingerprint density at radius 1 is 1.25 bits per heavy atom. The first-order valence-corrected chi connectivity index (χ1v) is 6.07. The highest BCUT2D eigenvalue weighted by atomic mass is 16.7. The van der Waals surface area contributed by atoms with Gasteiger partial charge in [-0.3, -0.25) is 0 Å². The van der Waals surface area contributed by atoms with Crippen molar-refractivity contribution in [1.29, 1.82) is 0 Å². The summed E-state index contributed by atoms with van der Waals surface area (Å²) in [6, 6.07) is 0. The predicted molar refractivity (Wildman–Crippen MR) is 61.9 cm³/mol. The summed E-state index contributed by atoms with van der Waals surface area (Å²) in [6.45, 7) is 5.32. The molecule has 0 aromatic rings. The summed E-state index contributed by atoms with van der Waals surface area (Å²) < 4.78 is 11.3. The Bertz CT molecular complexity index is 300. The van der Waals surface area contributed by atoms with E-state index in [-0.39, 0.29) is 12.9 Å². The highest BCUT2D eigenvalue weighted by Crippen LogP contribution is 2.45. The standard InChI is InChI=1S/C13H20O3/c1-3-15-13(16-4-2)12-10-6-5-9(7-10)11(12)8-14/h5-6,9-10,13-14H,3-4,7-8H2,1-2H3. The van der Waals surface area contributed by atoms with Crippen LogP contribution in [0.15, 0.2) is 23.3 Å². The second kappa shape index (κ2) is 5.13. The van der Waals surface area contributed by atoms with E-state index in [1.165, 1.54) is 5.57 Å². The number of fused-ring (bicyclic) bond motifs is 2. The molecule has 0 amide bonds. The zero-order chi connectivity index (χ0) is 11.5. The zero-order valence-electron chi connectivity index (χ0n) is 9.98. The van der Waals surface area contributed by atoms with Gasteiger partial charge in [0.1, 0.15) is 0 Å². The average Bonchev–Trinajstić information content (AvgIpc) is 2.88. The first-order valence-electron chi connectivity index (χ1n) is 6.07. The Hall–Kier alpha value is -0.640. The van der Waals surface area contributed by atoms with Crippen molar-refractivity contribution < 1.29 is 14.6 Å². The first kappa shape index (κ1) is 11.8. The lowest BCUT2D eigenvalue weighted by Gasteiger charge is -2.24. The van der Waals surface area contributed by atoms with Crippen LogP contribution in [0, 0.1) is 11.8 Å². The minimum absolute atomic E-state index is 0.123. The molecule has 0 saturated heterocycles. The lowest BCUT2D eigenvalue weighted by atomic mass is 9.97. The Labute approximate surface area is 96.7 Å². The van der Waals surface area contributed by atoms with Gasteiger partial charge in [0.15, 0.2) is 6.29 Å². The molecule has 0 saturated carbocycles. The van der Waals surface area contributed by atoms with Crippen LogP contribution in [-0.4, -0.2) is 31.2 Å². The number of aliphatic hydroxyl groups is 1. The fourth-order valence-corrected chi connectivity index (χ4v) is 2.71. The highest BCUT2D eigenvalue weighted by Gasteiger charge is 2.38. The summed E-state index contributed by atoms with van der Waals surface area (Å²) >= 11 is 0. The summed E-state index contributed by atoms with van der Waals surface area (Å²) in [4.78, 5) is 0. The van der Waals surface area contributed by atoms with Gasteiger partial charge in [-0.15, -0.1) is 0 Å². The minimum atomic E-state index is -0.267. The van der Waals surface area contributed by atoms with Crippen molar-refractivity contribution in [2.75, 3.05) is 19.8 Å². The molecule has 3 heteroatoms. The fourth-order valence-electron chi connectivity index (χ4n) is 2.71. The average molecular weight is 224 g/mol. The maximum atomic E-state index is 9.44. The lowest BCUT2D eigenvalue weighted by molar-refractivity contribution is -0.114. The number of ether oxygens (including phenoxy) is 2. The topological polar surface area (TPSA) is 38.7 Å². The highest BCUT2D eigenvalue weighted by molar-refractivity contribution is 5.39. The monoisotopic (exact) mass is 224 g/mol. The molecule has 2 atom stereocenters. The third kappa shape index (κ3) is 1.95. The Morgan fingerprint density at radius 2 is 1.88 bits per heavy atom. The van der Waals surface area contributed by atoms with Crippen molar-refractivity contribution >= 4 is 0 Å². The van der Waals surface area contributed by atoms with Crippen LogP contribution in [0.4, 0.5) is 0 Å². The molecular formula is C13H20O3. The van der Waals surface area contributed by atoms with E-state index in [1.54, 1.807) is 0 Å². The van der Waals surface area contributed by atoms with E-state index in [0.717, 1.165) is 12.0 Å². The molecular weight excluding hydrogens is 204 g/mol. The number of hydrogen-bond acceptors (Lipinski definition) is 3. The largest absolute Gasteiger partial charge is 0.392 e. The molecule has 0 aliphatic heterocycles. The van der Waals surface area contributed by atoms with E-state index < -0.39 is 0 Å². The zero-order valence-corrected chi connectivity index (χ0v) is 9.98. The molecule has 0 aromatic carbocycles. The van der Waals surface area contributed by atoms with Crippen molar-refractivity contribution in [2.45, 2.75) is 26.6 Å². The number of hydrogen-bond donors (Lipinski definition) is 1. The molecule has 1 N–H and O–H groups in total. The van der Waals surface area contributed by atoms with Gasteiger partial charge in [-0.05, 0) is 31.4 Å². The van der Waals surface area contributed by atoms with Crippen molar-refractivity contribution in [3.05, 3.63) is 23.3 Å². The van der Waals surface area contributed by atoms with Gasteiger partial charge in [0.2, 0.25) is 0 Å². The summed E-state index contributed by atoms with van der Waals surface area (Å²) in [5.41, 5.74) is 2.28. The molecule has 16 heavy (non-hydrogen) atoms. The third-order valence-corrected chi connectivity index (χ3v) is 3.36. The van der Waals surface area contributed by atoms with Crippen LogP contribution in [0.1, 0.15) is 20.3 Å². The number of aliphatic hydroxyl groups excluding tert-OH is 1. The second-order valence-electron chi connectivity index (χ2n) is 4.21. The van der Waals surface area contributed by atoms with Crippen LogP contribution in [0.2, 0.25) is 0 Å². The first-order chi connectivity index (χ1) is 7.81. The smallest absolute Gasteiger partial charge is 0.180 e. The molecule has 0 spiro atoms. The summed E-state index contributed by atoms with van der Waals surface area (Å²) in [7, 11) is 0. The Balaban J connectivity index is 2.19. The molecule has 3 nitrogen and oxygen atoms in total. The van der Waals surface area contributed by atoms with Crippen LogP contribution in [0.5, 0.6) is 0 Å².